The molecule has 0 amide bonds. The fraction of sp³-hybridized carbons (Fsp3) is 0.458. The van der Waals surface area contributed by atoms with Crippen molar-refractivity contribution in [2.45, 2.75) is 71.8 Å². The third-order valence-corrected chi connectivity index (χ3v) is 5.20. The van der Waals surface area contributed by atoms with Gasteiger partial charge in [-0.2, -0.15) is 0 Å². The Bertz CT molecular complexity index is 799. The molecule has 0 N–H and O–H groups in total. The topological polar surface area (TPSA) is 17.8 Å². The van der Waals surface area contributed by atoms with Gasteiger partial charge in [-0.1, -0.05) is 93.8 Å². The first-order valence-corrected chi connectivity index (χ1v) is 10.3. The van der Waals surface area contributed by atoms with Crippen molar-refractivity contribution >= 4 is 11.0 Å². The van der Waals surface area contributed by atoms with E-state index in [1.54, 1.807) is 0 Å². The van der Waals surface area contributed by atoms with E-state index in [4.69, 9.17) is 4.98 Å². The Morgan fingerprint density at radius 2 is 1.42 bits per heavy atom. The summed E-state index contributed by atoms with van der Waals surface area (Å²) in [6, 6.07) is 17.3. The first-order valence-electron chi connectivity index (χ1n) is 10.3. The quantitative estimate of drug-likeness (QED) is 0.356. The largest absolute Gasteiger partial charge is 0.324 e. The molecule has 0 saturated carbocycles. The van der Waals surface area contributed by atoms with E-state index in [0.717, 1.165) is 17.9 Å². The second kappa shape index (κ2) is 9.56. The lowest BCUT2D eigenvalue weighted by atomic mass is 10.1. The summed E-state index contributed by atoms with van der Waals surface area (Å²) in [4.78, 5) is 4.92. The smallest absolute Gasteiger partial charge is 0.141 e. The molecule has 2 heteroatoms. The van der Waals surface area contributed by atoms with Gasteiger partial charge in [0.2, 0.25) is 0 Å². The summed E-state index contributed by atoms with van der Waals surface area (Å²) in [5.74, 6) is 1.11. The van der Waals surface area contributed by atoms with Gasteiger partial charge in [0.15, 0.2) is 0 Å². The van der Waals surface area contributed by atoms with Crippen LogP contribution >= 0.6 is 0 Å². The number of nitrogens with zero attached hydrogens (tertiary/aromatic N) is 2. The molecule has 26 heavy (non-hydrogen) atoms. The van der Waals surface area contributed by atoms with E-state index in [1.807, 2.05) is 0 Å². The van der Waals surface area contributed by atoms with E-state index in [-0.39, 0.29) is 0 Å². The number of hydrogen-bond acceptors (Lipinski definition) is 1. The van der Waals surface area contributed by atoms with Crippen LogP contribution in [0, 0.1) is 6.92 Å². The molecular formula is C24H32N2. The van der Waals surface area contributed by atoms with Crippen LogP contribution in [-0.4, -0.2) is 9.55 Å². The van der Waals surface area contributed by atoms with Gasteiger partial charge in [0.25, 0.3) is 0 Å². The first-order chi connectivity index (χ1) is 12.8. The minimum absolute atomic E-state index is 1.05. The highest BCUT2D eigenvalue weighted by atomic mass is 15.1. The van der Waals surface area contributed by atoms with E-state index in [1.165, 1.54) is 68.0 Å². The van der Waals surface area contributed by atoms with Crippen LogP contribution in [0.2, 0.25) is 0 Å². The molecule has 0 unspecified atom stereocenters. The Morgan fingerprint density at radius 1 is 0.769 bits per heavy atom. The van der Waals surface area contributed by atoms with Crippen molar-refractivity contribution in [1.29, 1.82) is 0 Å². The van der Waals surface area contributed by atoms with Gasteiger partial charge < -0.3 is 4.57 Å². The van der Waals surface area contributed by atoms with Gasteiger partial charge in [0, 0.05) is 12.1 Å². The molecule has 3 aromatic rings. The third kappa shape index (κ3) is 4.75. The van der Waals surface area contributed by atoms with Gasteiger partial charge in [-0.15, -0.1) is 0 Å². The molecule has 0 aliphatic rings. The standard InChI is InChI=1S/C24H32N2/c1-3-4-5-6-7-8-9-12-19-26-23-14-11-10-13-22(23)25-24(26)21-17-15-20(2)16-18-21/h10-11,13-18H,3-9,12,19H2,1-2H3. The van der Waals surface area contributed by atoms with Gasteiger partial charge in [0.05, 0.1) is 11.0 Å². The molecule has 0 bridgehead atoms. The number of fused-ring (bicyclic) bond motifs is 1. The zero-order valence-corrected chi connectivity index (χ0v) is 16.4. The molecule has 138 valence electrons. The summed E-state index contributed by atoms with van der Waals surface area (Å²) in [5, 5.41) is 0. The first kappa shape index (κ1) is 18.7. The van der Waals surface area contributed by atoms with Crippen LogP contribution < -0.4 is 0 Å². The molecule has 1 heterocycles. The predicted octanol–water partition coefficient (Wildman–Crippen LogP) is 7.15. The van der Waals surface area contributed by atoms with Crippen molar-refractivity contribution in [1.82, 2.24) is 9.55 Å². The number of aromatic nitrogens is 2. The summed E-state index contributed by atoms with van der Waals surface area (Å²) < 4.78 is 2.41. The Labute approximate surface area is 158 Å². The highest BCUT2D eigenvalue weighted by molar-refractivity contribution is 5.80. The Morgan fingerprint density at radius 3 is 2.15 bits per heavy atom. The second-order valence-corrected chi connectivity index (χ2v) is 7.42. The predicted molar refractivity (Wildman–Crippen MR) is 113 cm³/mol. The molecular weight excluding hydrogens is 316 g/mol. The SMILES string of the molecule is CCCCCCCCCCn1c(-c2ccc(C)cc2)nc2ccccc21. The lowest BCUT2D eigenvalue weighted by Crippen LogP contribution is -2.01. The zero-order valence-electron chi connectivity index (χ0n) is 16.4. The molecule has 0 saturated heterocycles. The Kier molecular flexibility index (Phi) is 6.88. The van der Waals surface area contributed by atoms with Crippen LogP contribution in [0.25, 0.3) is 22.4 Å². The number of hydrogen-bond donors (Lipinski definition) is 0. The molecule has 0 fully saturated rings. The monoisotopic (exact) mass is 348 g/mol. The van der Waals surface area contributed by atoms with Crippen LogP contribution in [0.15, 0.2) is 48.5 Å². The van der Waals surface area contributed by atoms with Crippen molar-refractivity contribution in [3.05, 3.63) is 54.1 Å². The molecule has 3 rings (SSSR count). The fourth-order valence-corrected chi connectivity index (χ4v) is 3.63. The molecule has 2 aromatic carbocycles. The van der Waals surface area contributed by atoms with Crippen molar-refractivity contribution < 1.29 is 0 Å². The van der Waals surface area contributed by atoms with Gasteiger partial charge in [-0.25, -0.2) is 4.98 Å². The van der Waals surface area contributed by atoms with E-state index >= 15 is 0 Å². The number of para-hydroxylation sites is 2. The summed E-state index contributed by atoms with van der Waals surface area (Å²) in [7, 11) is 0. The van der Waals surface area contributed by atoms with Crippen molar-refractivity contribution in [3.63, 3.8) is 0 Å². The van der Waals surface area contributed by atoms with Crippen LogP contribution in [0.1, 0.15) is 63.9 Å². The van der Waals surface area contributed by atoms with Gasteiger partial charge in [-0.05, 0) is 25.5 Å². The third-order valence-electron chi connectivity index (χ3n) is 5.20. The Hall–Kier alpha value is -2.09. The number of rotatable bonds is 10. The molecule has 0 aliphatic carbocycles. The highest BCUT2D eigenvalue weighted by Gasteiger charge is 2.11. The summed E-state index contributed by atoms with van der Waals surface area (Å²) in [5.41, 5.74) is 4.86. The average Bonchev–Trinajstić information content (AvgIpc) is 3.03. The van der Waals surface area contributed by atoms with E-state index in [2.05, 4.69) is 66.9 Å². The lowest BCUT2D eigenvalue weighted by Gasteiger charge is -2.10. The Balaban J connectivity index is 1.66. The molecule has 2 nitrogen and oxygen atoms in total. The molecule has 0 atom stereocenters. The molecule has 1 aromatic heterocycles. The summed E-state index contributed by atoms with van der Waals surface area (Å²) >= 11 is 0. The maximum atomic E-state index is 4.92. The minimum atomic E-state index is 1.05. The zero-order chi connectivity index (χ0) is 18.2. The number of benzene rings is 2. The van der Waals surface area contributed by atoms with Gasteiger partial charge >= 0.3 is 0 Å². The average molecular weight is 349 g/mol. The summed E-state index contributed by atoms with van der Waals surface area (Å²) in [6.45, 7) is 5.47. The van der Waals surface area contributed by atoms with Crippen LogP contribution in [0.4, 0.5) is 0 Å². The van der Waals surface area contributed by atoms with Crippen LogP contribution in [-0.2, 0) is 6.54 Å². The number of unbranched alkanes of at least 4 members (excludes halogenated alkanes) is 7. The second-order valence-electron chi connectivity index (χ2n) is 7.42. The van der Waals surface area contributed by atoms with Crippen molar-refractivity contribution in [2.75, 3.05) is 0 Å². The maximum Gasteiger partial charge on any atom is 0.141 e. The van der Waals surface area contributed by atoms with Crippen molar-refractivity contribution in [2.24, 2.45) is 0 Å². The fourth-order valence-electron chi connectivity index (χ4n) is 3.63. The van der Waals surface area contributed by atoms with Crippen LogP contribution in [0.3, 0.4) is 0 Å². The molecule has 0 radical (unpaired) electrons. The highest BCUT2D eigenvalue weighted by Crippen LogP contribution is 2.26. The lowest BCUT2D eigenvalue weighted by molar-refractivity contribution is 0.549. The van der Waals surface area contributed by atoms with Crippen molar-refractivity contribution in [3.8, 4) is 11.4 Å². The van der Waals surface area contributed by atoms with Gasteiger partial charge in [-0.3, -0.25) is 0 Å². The van der Waals surface area contributed by atoms with E-state index in [9.17, 15) is 0 Å². The summed E-state index contributed by atoms with van der Waals surface area (Å²) in [6.07, 6.45) is 10.8. The van der Waals surface area contributed by atoms with Crippen LogP contribution in [0.5, 0.6) is 0 Å². The molecule has 0 spiro atoms. The normalized spacial score (nSPS) is 11.3. The van der Waals surface area contributed by atoms with Gasteiger partial charge in [0.1, 0.15) is 5.82 Å². The number of imidazole rings is 1. The maximum absolute atomic E-state index is 4.92. The number of aryl methyl sites for hydroxylation is 2. The van der Waals surface area contributed by atoms with E-state index < -0.39 is 0 Å². The molecule has 0 aliphatic heterocycles. The van der Waals surface area contributed by atoms with E-state index in [0.29, 0.717) is 0 Å². The minimum Gasteiger partial charge on any atom is -0.324 e.